The molecule has 1 saturated heterocycles. The van der Waals surface area contributed by atoms with E-state index in [2.05, 4.69) is 11.9 Å². The third-order valence-corrected chi connectivity index (χ3v) is 4.03. The van der Waals surface area contributed by atoms with E-state index in [1.807, 2.05) is 23.1 Å². The molecule has 5 heteroatoms. The van der Waals surface area contributed by atoms with Crippen molar-refractivity contribution in [2.24, 2.45) is 0 Å². The second-order valence-corrected chi connectivity index (χ2v) is 5.65. The normalized spacial score (nSPS) is 23.8. The van der Waals surface area contributed by atoms with E-state index in [4.69, 9.17) is 10.5 Å². The van der Waals surface area contributed by atoms with Crippen molar-refractivity contribution >= 4 is 17.3 Å². The van der Waals surface area contributed by atoms with Crippen molar-refractivity contribution in [3.05, 3.63) is 23.8 Å². The second kappa shape index (κ2) is 5.42. The van der Waals surface area contributed by atoms with Crippen LogP contribution in [0.15, 0.2) is 18.2 Å². The van der Waals surface area contributed by atoms with Gasteiger partial charge in [-0.15, -0.1) is 0 Å². The maximum absolute atomic E-state index is 12.2. The zero-order valence-corrected chi connectivity index (χ0v) is 11.8. The van der Waals surface area contributed by atoms with Gasteiger partial charge in [-0.3, -0.25) is 4.79 Å². The fourth-order valence-electron chi connectivity index (χ4n) is 2.96. The third kappa shape index (κ3) is 2.64. The standard InChI is InChI=1S/C15H21N3O2/c1-17-6-7-20-13(9-17)10-18-14-4-3-12(16)8-11(14)2-5-15(18)19/h3-4,8,13H,2,5-7,9-10,16H2,1H3. The summed E-state index contributed by atoms with van der Waals surface area (Å²) in [4.78, 5) is 16.3. The number of carbonyl (C=O) groups excluding carboxylic acids is 1. The van der Waals surface area contributed by atoms with Crippen LogP contribution in [-0.2, 0) is 16.0 Å². The lowest BCUT2D eigenvalue weighted by molar-refractivity contribution is -0.119. The van der Waals surface area contributed by atoms with Gasteiger partial charge in [0.15, 0.2) is 0 Å². The maximum atomic E-state index is 12.2. The maximum Gasteiger partial charge on any atom is 0.227 e. The monoisotopic (exact) mass is 275 g/mol. The summed E-state index contributed by atoms with van der Waals surface area (Å²) in [7, 11) is 2.09. The van der Waals surface area contributed by atoms with Gasteiger partial charge in [0.1, 0.15) is 0 Å². The van der Waals surface area contributed by atoms with Gasteiger partial charge < -0.3 is 20.3 Å². The zero-order chi connectivity index (χ0) is 14.1. The van der Waals surface area contributed by atoms with Gasteiger partial charge in [0, 0.05) is 30.9 Å². The van der Waals surface area contributed by atoms with Crippen LogP contribution < -0.4 is 10.6 Å². The number of nitrogens with zero attached hydrogens (tertiary/aromatic N) is 2. The Labute approximate surface area is 119 Å². The smallest absolute Gasteiger partial charge is 0.227 e. The SMILES string of the molecule is CN1CCOC(CN2C(=O)CCc3cc(N)ccc32)C1. The average Bonchev–Trinajstić information content (AvgIpc) is 2.42. The van der Waals surface area contributed by atoms with Crippen molar-refractivity contribution in [3.63, 3.8) is 0 Å². The molecule has 0 radical (unpaired) electrons. The molecule has 108 valence electrons. The molecule has 1 aromatic rings. The number of likely N-dealkylation sites (N-methyl/N-ethyl adjacent to an activating group) is 1. The number of benzene rings is 1. The Kier molecular flexibility index (Phi) is 3.63. The van der Waals surface area contributed by atoms with E-state index in [9.17, 15) is 4.79 Å². The highest BCUT2D eigenvalue weighted by molar-refractivity contribution is 5.96. The van der Waals surface area contributed by atoms with Gasteiger partial charge in [0.05, 0.1) is 19.3 Å². The van der Waals surface area contributed by atoms with Crippen LogP contribution in [0.1, 0.15) is 12.0 Å². The minimum absolute atomic E-state index is 0.0844. The van der Waals surface area contributed by atoms with E-state index in [1.54, 1.807) is 0 Å². The molecule has 0 saturated carbocycles. The number of fused-ring (bicyclic) bond motifs is 1. The number of aryl methyl sites for hydroxylation is 1. The summed E-state index contributed by atoms with van der Waals surface area (Å²) in [5.41, 5.74) is 8.74. The molecule has 2 N–H and O–H groups in total. The Balaban J connectivity index is 1.80. The molecule has 1 unspecified atom stereocenters. The minimum atomic E-state index is 0.0844. The summed E-state index contributed by atoms with van der Waals surface area (Å²) < 4.78 is 5.78. The number of anilines is 2. The van der Waals surface area contributed by atoms with Crippen molar-refractivity contribution in [1.82, 2.24) is 4.90 Å². The van der Waals surface area contributed by atoms with E-state index >= 15 is 0 Å². The molecule has 1 aromatic carbocycles. The topological polar surface area (TPSA) is 58.8 Å². The molecular weight excluding hydrogens is 254 g/mol. The van der Waals surface area contributed by atoms with Crippen LogP contribution >= 0.6 is 0 Å². The Morgan fingerprint density at radius 1 is 1.40 bits per heavy atom. The van der Waals surface area contributed by atoms with E-state index < -0.39 is 0 Å². The Hall–Kier alpha value is -1.59. The molecule has 2 heterocycles. The number of amides is 1. The van der Waals surface area contributed by atoms with Gasteiger partial charge in [-0.25, -0.2) is 0 Å². The largest absolute Gasteiger partial charge is 0.399 e. The molecule has 3 rings (SSSR count). The first-order chi connectivity index (χ1) is 9.63. The lowest BCUT2D eigenvalue weighted by Crippen LogP contribution is -2.48. The molecule has 1 amide bonds. The summed E-state index contributed by atoms with van der Waals surface area (Å²) >= 11 is 0. The highest BCUT2D eigenvalue weighted by Crippen LogP contribution is 2.30. The first kappa shape index (κ1) is 13.4. The molecule has 20 heavy (non-hydrogen) atoms. The summed E-state index contributed by atoms with van der Waals surface area (Å²) in [5, 5.41) is 0. The minimum Gasteiger partial charge on any atom is -0.399 e. The van der Waals surface area contributed by atoms with E-state index in [1.165, 1.54) is 0 Å². The van der Waals surface area contributed by atoms with Crippen LogP contribution in [0.25, 0.3) is 0 Å². The second-order valence-electron chi connectivity index (χ2n) is 5.65. The van der Waals surface area contributed by atoms with Gasteiger partial charge in [0.25, 0.3) is 0 Å². The lowest BCUT2D eigenvalue weighted by Gasteiger charge is -2.36. The first-order valence-electron chi connectivity index (χ1n) is 7.12. The average molecular weight is 275 g/mol. The summed E-state index contributed by atoms with van der Waals surface area (Å²) in [6, 6.07) is 5.79. The molecule has 2 aliphatic rings. The first-order valence-corrected chi connectivity index (χ1v) is 7.12. The van der Waals surface area contributed by atoms with Gasteiger partial charge in [0.2, 0.25) is 5.91 Å². The van der Waals surface area contributed by atoms with Crippen LogP contribution in [0.2, 0.25) is 0 Å². The van der Waals surface area contributed by atoms with E-state index in [0.717, 1.165) is 43.1 Å². The summed E-state index contributed by atoms with van der Waals surface area (Å²) in [6.45, 7) is 3.18. The molecular formula is C15H21N3O2. The lowest BCUT2D eigenvalue weighted by atomic mass is 10.00. The Bertz CT molecular complexity index is 518. The van der Waals surface area contributed by atoms with Gasteiger partial charge >= 0.3 is 0 Å². The molecule has 0 aromatic heterocycles. The zero-order valence-electron chi connectivity index (χ0n) is 11.8. The van der Waals surface area contributed by atoms with E-state index in [-0.39, 0.29) is 12.0 Å². The number of rotatable bonds is 2. The predicted octanol–water partition coefficient (Wildman–Crippen LogP) is 0.879. The third-order valence-electron chi connectivity index (χ3n) is 4.03. The Morgan fingerprint density at radius 2 is 2.25 bits per heavy atom. The molecule has 5 nitrogen and oxygen atoms in total. The highest BCUT2D eigenvalue weighted by Gasteiger charge is 2.28. The summed E-state index contributed by atoms with van der Waals surface area (Å²) in [6.07, 6.45) is 1.42. The Morgan fingerprint density at radius 3 is 3.05 bits per heavy atom. The predicted molar refractivity (Wildman–Crippen MR) is 78.8 cm³/mol. The van der Waals surface area contributed by atoms with Crippen LogP contribution in [0.4, 0.5) is 11.4 Å². The van der Waals surface area contributed by atoms with Crippen molar-refractivity contribution in [1.29, 1.82) is 0 Å². The molecule has 0 aliphatic carbocycles. The van der Waals surface area contributed by atoms with Crippen LogP contribution in [0.5, 0.6) is 0 Å². The molecule has 0 bridgehead atoms. The molecule has 0 spiro atoms. The number of ether oxygens (including phenoxy) is 1. The fourth-order valence-corrected chi connectivity index (χ4v) is 2.96. The van der Waals surface area contributed by atoms with E-state index in [0.29, 0.717) is 13.0 Å². The fraction of sp³-hybridized carbons (Fsp3) is 0.533. The van der Waals surface area contributed by atoms with Crippen LogP contribution in [0, 0.1) is 0 Å². The molecule has 2 aliphatic heterocycles. The van der Waals surface area contributed by atoms with Crippen molar-refractivity contribution in [3.8, 4) is 0 Å². The number of nitrogens with two attached hydrogens (primary N) is 1. The van der Waals surface area contributed by atoms with Crippen molar-refractivity contribution in [2.75, 3.05) is 43.9 Å². The van der Waals surface area contributed by atoms with Gasteiger partial charge in [-0.1, -0.05) is 0 Å². The van der Waals surface area contributed by atoms with Crippen molar-refractivity contribution < 1.29 is 9.53 Å². The number of hydrogen-bond donors (Lipinski definition) is 1. The quantitative estimate of drug-likeness (QED) is 0.814. The van der Waals surface area contributed by atoms with Crippen LogP contribution in [-0.4, -0.2) is 50.2 Å². The number of morpholine rings is 1. The molecule has 1 fully saturated rings. The van der Waals surface area contributed by atoms with Crippen LogP contribution in [0.3, 0.4) is 0 Å². The number of carbonyl (C=O) groups is 1. The van der Waals surface area contributed by atoms with Gasteiger partial charge in [-0.05, 0) is 37.2 Å². The van der Waals surface area contributed by atoms with Crippen molar-refractivity contribution in [2.45, 2.75) is 18.9 Å². The number of nitrogen functional groups attached to an aromatic ring is 1. The molecule has 1 atom stereocenters. The van der Waals surface area contributed by atoms with Gasteiger partial charge in [-0.2, -0.15) is 0 Å². The number of hydrogen-bond acceptors (Lipinski definition) is 4. The highest BCUT2D eigenvalue weighted by atomic mass is 16.5. The summed E-state index contributed by atoms with van der Waals surface area (Å²) in [5.74, 6) is 0.180.